The first-order chi connectivity index (χ1) is 26.4. The molecule has 23 heteroatoms. The van der Waals surface area contributed by atoms with Crippen LogP contribution >= 0.6 is 0 Å². The van der Waals surface area contributed by atoms with Gasteiger partial charge in [0.2, 0.25) is 0 Å². The van der Waals surface area contributed by atoms with Crippen LogP contribution in [0.2, 0.25) is 0 Å². The molecule has 0 spiro atoms. The molecule has 0 aromatic carbocycles. The molecule has 0 bridgehead atoms. The smallest absolute Gasteiger partial charge is 0.367 e. The highest BCUT2D eigenvalue weighted by Crippen LogP contribution is 2.54. The van der Waals surface area contributed by atoms with Gasteiger partial charge in [0.25, 0.3) is 5.92 Å². The Hall–Kier alpha value is -1.40. The highest BCUT2D eigenvalue weighted by molar-refractivity contribution is 5.00. The van der Waals surface area contributed by atoms with Gasteiger partial charge >= 0.3 is 42.4 Å². The van der Waals surface area contributed by atoms with Gasteiger partial charge in [0.05, 0.1) is 17.7 Å². The summed E-state index contributed by atoms with van der Waals surface area (Å²) in [6.45, 7) is 15.0. The van der Waals surface area contributed by atoms with E-state index in [0.717, 1.165) is 41.5 Å². The Balaban J connectivity index is -0.000000874. The Morgan fingerprint density at radius 2 is 0.629 bits per heavy atom. The van der Waals surface area contributed by atoms with Crippen molar-refractivity contribution in [3.63, 3.8) is 0 Å². The van der Waals surface area contributed by atoms with E-state index >= 15 is 0 Å². The van der Waals surface area contributed by atoms with Gasteiger partial charge in [-0.05, 0) is 67.7 Å². The van der Waals surface area contributed by atoms with Gasteiger partial charge in [-0.2, -0.15) is 61.5 Å². The highest BCUT2D eigenvalue weighted by atomic mass is 19.3. The number of nitrogens with one attached hydrogen (secondary N) is 1. The lowest BCUT2D eigenvalue weighted by Gasteiger charge is -2.42. The maximum atomic E-state index is 13.5. The van der Waals surface area contributed by atoms with Crippen LogP contribution in [0.25, 0.3) is 0 Å². The summed E-state index contributed by atoms with van der Waals surface area (Å²) >= 11 is 0. The molecule has 0 atom stereocenters. The number of rotatable bonds is 19. The average molecular weight is 952 g/mol. The Bertz CT molecular complexity index is 1190. The molecular formula is C39H69F16NO6. The van der Waals surface area contributed by atoms with Crippen molar-refractivity contribution in [2.24, 2.45) is 16.2 Å². The SMILES string of the molecule is CC(C)(C)C(F)(F)C(F)(F)C(C)(C)C.CC(C)(C)CC(F)(F)COC(F)(F)COC(F)(F)CNC(C)(C)C.CC(C)(C)OCC(F)(F)OCC(F)(F)OCC(F)(F)OC(C)(C)C. The summed E-state index contributed by atoms with van der Waals surface area (Å²) in [5, 5.41) is 2.40. The summed E-state index contributed by atoms with van der Waals surface area (Å²) < 4.78 is 238. The minimum absolute atomic E-state index is 0.666. The molecule has 378 valence electrons. The van der Waals surface area contributed by atoms with Crippen molar-refractivity contribution in [3.8, 4) is 0 Å². The molecule has 7 nitrogen and oxygen atoms in total. The second-order valence-corrected chi connectivity index (χ2v) is 20.8. The predicted octanol–water partition coefficient (Wildman–Crippen LogP) is 13.4. The normalized spacial score (nSPS) is 15.2. The van der Waals surface area contributed by atoms with Crippen molar-refractivity contribution >= 4 is 0 Å². The fourth-order valence-electron chi connectivity index (χ4n) is 3.87. The van der Waals surface area contributed by atoms with E-state index in [1.165, 1.54) is 62.3 Å². The third-order valence-electron chi connectivity index (χ3n) is 6.87. The van der Waals surface area contributed by atoms with Crippen molar-refractivity contribution in [1.82, 2.24) is 5.32 Å². The summed E-state index contributed by atoms with van der Waals surface area (Å²) in [6.07, 6.45) is -21.2. The van der Waals surface area contributed by atoms with Gasteiger partial charge in [-0.1, -0.05) is 62.3 Å². The van der Waals surface area contributed by atoms with Crippen LogP contribution in [0.1, 0.15) is 131 Å². The van der Waals surface area contributed by atoms with Crippen molar-refractivity contribution in [2.75, 3.05) is 39.6 Å². The quantitative estimate of drug-likeness (QED) is 0.129. The van der Waals surface area contributed by atoms with E-state index in [0.29, 0.717) is 0 Å². The molecule has 62 heavy (non-hydrogen) atoms. The van der Waals surface area contributed by atoms with Gasteiger partial charge in [-0.25, -0.2) is 8.78 Å². The summed E-state index contributed by atoms with van der Waals surface area (Å²) in [5.41, 5.74) is -7.20. The van der Waals surface area contributed by atoms with Crippen LogP contribution in [0.15, 0.2) is 0 Å². The van der Waals surface area contributed by atoms with E-state index in [1.807, 2.05) is 0 Å². The summed E-state index contributed by atoms with van der Waals surface area (Å²) in [7, 11) is 0. The Kier molecular flexibility index (Phi) is 23.0. The average Bonchev–Trinajstić information content (AvgIpc) is 2.96. The molecule has 0 aliphatic rings. The second kappa shape index (κ2) is 21.9. The zero-order valence-electron chi connectivity index (χ0n) is 38.9. The Morgan fingerprint density at radius 1 is 0.339 bits per heavy atom. The molecule has 0 aliphatic carbocycles. The molecule has 0 saturated heterocycles. The lowest BCUT2D eigenvalue weighted by Crippen LogP contribution is -2.56. The molecule has 0 fully saturated rings. The molecule has 0 rings (SSSR count). The molecule has 0 amide bonds. The highest BCUT2D eigenvalue weighted by Gasteiger charge is 2.67. The number of ether oxygens (including phenoxy) is 6. The minimum Gasteiger partial charge on any atom is -0.367 e. The van der Waals surface area contributed by atoms with Crippen LogP contribution in [0.3, 0.4) is 0 Å². The van der Waals surface area contributed by atoms with Crippen LogP contribution in [0, 0.1) is 16.2 Å². The Labute approximate surface area is 355 Å². The van der Waals surface area contributed by atoms with Gasteiger partial charge in [0.1, 0.15) is 33.0 Å². The van der Waals surface area contributed by atoms with Crippen LogP contribution in [-0.4, -0.2) is 105 Å². The van der Waals surface area contributed by atoms with Crippen LogP contribution in [0.4, 0.5) is 70.2 Å². The number of hydrogen-bond donors (Lipinski definition) is 1. The van der Waals surface area contributed by atoms with Crippen LogP contribution in [-0.2, 0) is 28.4 Å². The molecule has 0 radical (unpaired) electrons. The zero-order chi connectivity index (χ0) is 50.9. The standard InChI is InChI=1S/C15H27F6NO2.C14H24F6O4.C10H18F4/c1-11(2,3)7-13(16,17)9-23-15(20,21)10-24-14(18,19)8-22-12(4,5)6;1-10(2,3)21-7-12(15,16)22-8-13(17,18)23-9-14(19,20)24-11(4,5)6;1-7(2,3)9(11,12)10(13,14)8(4,5)6/h22H,7-10H2,1-6H3;7-9H2,1-6H3;1-6H3. The fraction of sp³-hybridized carbons (Fsp3) is 1.00. The van der Waals surface area contributed by atoms with Crippen LogP contribution in [0.5, 0.6) is 0 Å². The lowest BCUT2D eigenvalue weighted by molar-refractivity contribution is -0.370. The fourth-order valence-corrected chi connectivity index (χ4v) is 3.87. The van der Waals surface area contributed by atoms with Gasteiger partial charge in [0.15, 0.2) is 0 Å². The first-order valence-corrected chi connectivity index (χ1v) is 19.1. The first kappa shape index (κ1) is 64.9. The Morgan fingerprint density at radius 3 is 0.903 bits per heavy atom. The molecule has 0 unspecified atom stereocenters. The van der Waals surface area contributed by atoms with Crippen molar-refractivity contribution in [2.45, 2.75) is 196 Å². The van der Waals surface area contributed by atoms with E-state index in [1.54, 1.807) is 20.8 Å². The summed E-state index contributed by atoms with van der Waals surface area (Å²) in [4.78, 5) is 0. The van der Waals surface area contributed by atoms with Gasteiger partial charge in [0, 0.05) is 22.8 Å². The van der Waals surface area contributed by atoms with E-state index < -0.39 is 127 Å². The summed E-state index contributed by atoms with van der Waals surface area (Å²) in [6, 6.07) is 0. The molecule has 0 saturated carbocycles. The summed E-state index contributed by atoms with van der Waals surface area (Å²) in [5.74, 6) is -11.5. The van der Waals surface area contributed by atoms with Gasteiger partial charge < -0.3 is 33.7 Å². The molecule has 0 aromatic rings. The molecule has 0 aromatic heterocycles. The van der Waals surface area contributed by atoms with E-state index in [9.17, 15) is 70.2 Å². The van der Waals surface area contributed by atoms with Crippen LogP contribution < -0.4 is 5.32 Å². The first-order valence-electron chi connectivity index (χ1n) is 19.1. The monoisotopic (exact) mass is 951 g/mol. The second-order valence-electron chi connectivity index (χ2n) is 20.8. The van der Waals surface area contributed by atoms with E-state index in [-0.39, 0.29) is 0 Å². The maximum absolute atomic E-state index is 13.5. The number of halogens is 16. The van der Waals surface area contributed by atoms with Gasteiger partial charge in [-0.3, -0.25) is 0 Å². The topological polar surface area (TPSA) is 67.4 Å². The van der Waals surface area contributed by atoms with Crippen molar-refractivity contribution in [1.29, 1.82) is 0 Å². The largest absolute Gasteiger partial charge is 0.379 e. The lowest BCUT2D eigenvalue weighted by atomic mass is 9.74. The maximum Gasteiger partial charge on any atom is 0.379 e. The molecule has 0 aliphatic heterocycles. The van der Waals surface area contributed by atoms with Gasteiger partial charge in [-0.15, -0.1) is 0 Å². The third kappa shape index (κ3) is 30.7. The molecule has 1 N–H and O–H groups in total. The zero-order valence-corrected chi connectivity index (χ0v) is 38.9. The third-order valence-corrected chi connectivity index (χ3v) is 6.87. The molecular weight excluding hydrogens is 882 g/mol. The van der Waals surface area contributed by atoms with Crippen molar-refractivity contribution in [3.05, 3.63) is 0 Å². The minimum atomic E-state index is -4.35. The van der Waals surface area contributed by atoms with E-state index in [2.05, 4.69) is 29.0 Å². The molecule has 0 heterocycles. The van der Waals surface area contributed by atoms with Crippen molar-refractivity contribution < 1.29 is 98.7 Å². The van der Waals surface area contributed by atoms with E-state index in [4.69, 9.17) is 4.74 Å². The number of hydrogen-bond acceptors (Lipinski definition) is 7. The number of alkyl halides is 16. The predicted molar refractivity (Wildman–Crippen MR) is 201 cm³/mol.